The Labute approximate surface area is 187 Å². The lowest BCUT2D eigenvalue weighted by Gasteiger charge is -2.27. The zero-order valence-electron chi connectivity index (χ0n) is 19.1. The van der Waals surface area contributed by atoms with Crippen molar-refractivity contribution < 1.29 is 9.53 Å². The predicted molar refractivity (Wildman–Crippen MR) is 125 cm³/mol. The van der Waals surface area contributed by atoms with Crippen molar-refractivity contribution >= 4 is 17.4 Å². The van der Waals surface area contributed by atoms with Gasteiger partial charge >= 0.3 is 5.69 Å². The first-order chi connectivity index (χ1) is 15.4. The molecule has 1 saturated carbocycles. The number of hydrogen-bond donors (Lipinski definition) is 2. The van der Waals surface area contributed by atoms with Crippen LogP contribution in [-0.4, -0.2) is 46.6 Å². The number of rotatable bonds is 11. The molecule has 1 aromatic carbocycles. The normalized spacial score (nSPS) is 13.4. The van der Waals surface area contributed by atoms with Crippen LogP contribution in [0.25, 0.3) is 0 Å². The maximum absolute atomic E-state index is 13.3. The second-order valence-corrected chi connectivity index (χ2v) is 8.12. The number of ether oxygens (including phenoxy) is 1. The van der Waals surface area contributed by atoms with Crippen LogP contribution in [0.4, 0.5) is 11.5 Å². The van der Waals surface area contributed by atoms with Crippen molar-refractivity contribution in [2.75, 3.05) is 30.8 Å². The Kier molecular flexibility index (Phi) is 7.74. The second kappa shape index (κ2) is 10.5. The molecule has 0 unspecified atom stereocenters. The Bertz CT molecular complexity index is 1040. The van der Waals surface area contributed by atoms with E-state index in [9.17, 15) is 14.4 Å². The number of hydrogen-bond acceptors (Lipinski definition) is 6. The number of nitrogens with zero attached hydrogens (tertiary/aromatic N) is 3. The largest absolute Gasteiger partial charge is 0.497 e. The van der Waals surface area contributed by atoms with Crippen LogP contribution >= 0.6 is 0 Å². The van der Waals surface area contributed by atoms with Crippen molar-refractivity contribution in [3.8, 4) is 5.75 Å². The Morgan fingerprint density at radius 2 is 1.91 bits per heavy atom. The van der Waals surface area contributed by atoms with E-state index in [4.69, 9.17) is 10.5 Å². The SMILES string of the molecule is CCCCn1c(N)c(N(CC)C(=O)CN(Cc2ccc(OC)cc2)C2CC2)c(=O)[nH]c1=O. The van der Waals surface area contributed by atoms with Crippen molar-refractivity contribution in [2.24, 2.45) is 0 Å². The zero-order valence-corrected chi connectivity index (χ0v) is 19.1. The molecule has 3 N–H and O–H groups in total. The minimum absolute atomic E-state index is 0.0375. The first-order valence-electron chi connectivity index (χ1n) is 11.2. The minimum Gasteiger partial charge on any atom is -0.497 e. The van der Waals surface area contributed by atoms with E-state index in [0.29, 0.717) is 19.1 Å². The highest BCUT2D eigenvalue weighted by Crippen LogP contribution is 2.29. The highest BCUT2D eigenvalue weighted by Gasteiger charge is 2.32. The number of unbranched alkanes of at least 4 members (excludes halogenated alkanes) is 1. The number of anilines is 2. The van der Waals surface area contributed by atoms with Gasteiger partial charge in [0, 0.05) is 25.7 Å². The van der Waals surface area contributed by atoms with Crippen LogP contribution in [0.5, 0.6) is 5.75 Å². The zero-order chi connectivity index (χ0) is 23.3. The molecule has 9 heteroatoms. The van der Waals surface area contributed by atoms with Gasteiger partial charge < -0.3 is 15.4 Å². The number of nitrogens with two attached hydrogens (primary N) is 1. The molecule has 0 atom stereocenters. The van der Waals surface area contributed by atoms with Crippen LogP contribution in [0.2, 0.25) is 0 Å². The summed E-state index contributed by atoms with van der Waals surface area (Å²) in [5.41, 5.74) is 6.17. The molecule has 1 fully saturated rings. The fourth-order valence-corrected chi connectivity index (χ4v) is 3.81. The summed E-state index contributed by atoms with van der Waals surface area (Å²) in [5, 5.41) is 0. The molecule has 1 amide bonds. The Morgan fingerprint density at radius 3 is 2.47 bits per heavy atom. The maximum atomic E-state index is 13.3. The third-order valence-electron chi connectivity index (χ3n) is 5.78. The summed E-state index contributed by atoms with van der Waals surface area (Å²) >= 11 is 0. The lowest BCUT2D eigenvalue weighted by molar-refractivity contribution is -0.120. The molecule has 3 rings (SSSR count). The summed E-state index contributed by atoms with van der Waals surface area (Å²) in [4.78, 5) is 44.0. The fraction of sp³-hybridized carbons (Fsp3) is 0.522. The van der Waals surface area contributed by atoms with Gasteiger partial charge in [-0.2, -0.15) is 0 Å². The van der Waals surface area contributed by atoms with Gasteiger partial charge in [0.2, 0.25) is 5.91 Å². The van der Waals surface area contributed by atoms with Crippen molar-refractivity contribution in [3.05, 3.63) is 50.7 Å². The third kappa shape index (κ3) is 5.40. The summed E-state index contributed by atoms with van der Waals surface area (Å²) in [7, 11) is 1.63. The number of carbonyl (C=O) groups excluding carboxylic acids is 1. The Morgan fingerprint density at radius 1 is 1.22 bits per heavy atom. The van der Waals surface area contributed by atoms with Crippen LogP contribution < -0.4 is 26.6 Å². The first-order valence-corrected chi connectivity index (χ1v) is 11.2. The molecule has 2 aromatic rings. The van der Waals surface area contributed by atoms with E-state index in [0.717, 1.165) is 37.0 Å². The Balaban J connectivity index is 1.82. The van der Waals surface area contributed by atoms with E-state index < -0.39 is 11.2 Å². The van der Waals surface area contributed by atoms with Gasteiger partial charge in [-0.1, -0.05) is 25.5 Å². The van der Waals surface area contributed by atoms with Crippen LogP contribution in [0.3, 0.4) is 0 Å². The number of H-pyrrole nitrogens is 1. The molecule has 174 valence electrons. The molecule has 32 heavy (non-hydrogen) atoms. The highest BCUT2D eigenvalue weighted by atomic mass is 16.5. The summed E-state index contributed by atoms with van der Waals surface area (Å²) < 4.78 is 6.55. The van der Waals surface area contributed by atoms with Crippen LogP contribution in [0.15, 0.2) is 33.9 Å². The molecule has 9 nitrogen and oxygen atoms in total. The highest BCUT2D eigenvalue weighted by molar-refractivity contribution is 5.96. The number of aromatic nitrogens is 2. The number of likely N-dealkylation sites (N-methyl/N-ethyl adjacent to an activating group) is 1. The first kappa shape index (κ1) is 23.6. The molecule has 1 heterocycles. The Hall–Kier alpha value is -3.07. The number of nitrogens with one attached hydrogen (secondary N) is 1. The summed E-state index contributed by atoms with van der Waals surface area (Å²) in [6, 6.07) is 8.13. The van der Waals surface area contributed by atoms with E-state index >= 15 is 0 Å². The molecule has 1 aromatic heterocycles. The van der Waals surface area contributed by atoms with E-state index in [1.165, 1.54) is 9.47 Å². The average molecular weight is 444 g/mol. The summed E-state index contributed by atoms with van der Waals surface area (Å²) in [6.07, 6.45) is 3.70. The van der Waals surface area contributed by atoms with Crippen molar-refractivity contribution in [1.29, 1.82) is 0 Å². The predicted octanol–water partition coefficient (Wildman–Crippen LogP) is 1.94. The van der Waals surface area contributed by atoms with Gasteiger partial charge in [0.05, 0.1) is 13.7 Å². The maximum Gasteiger partial charge on any atom is 0.330 e. The molecule has 0 saturated heterocycles. The number of methoxy groups -OCH3 is 1. The van der Waals surface area contributed by atoms with Crippen molar-refractivity contribution in [2.45, 2.75) is 58.7 Å². The smallest absolute Gasteiger partial charge is 0.330 e. The molecule has 0 spiro atoms. The molecule has 1 aliphatic carbocycles. The van der Waals surface area contributed by atoms with E-state index in [1.807, 2.05) is 31.2 Å². The number of nitrogen functional groups attached to an aromatic ring is 1. The van der Waals surface area contributed by atoms with Gasteiger partial charge in [-0.15, -0.1) is 0 Å². The standard InChI is InChI=1S/C23H33N5O4/c1-4-6-13-28-21(24)20(22(30)25-23(28)31)27(5-2)19(29)15-26(17-9-10-17)14-16-7-11-18(32-3)12-8-16/h7-8,11-12,17H,4-6,9-10,13-15,24H2,1-3H3,(H,25,30,31). The molecule has 1 aliphatic rings. The lowest BCUT2D eigenvalue weighted by atomic mass is 10.2. The lowest BCUT2D eigenvalue weighted by Crippen LogP contribution is -2.45. The van der Waals surface area contributed by atoms with Crippen molar-refractivity contribution in [1.82, 2.24) is 14.5 Å². The van der Waals surface area contributed by atoms with Gasteiger partial charge in [0.1, 0.15) is 11.6 Å². The van der Waals surface area contributed by atoms with E-state index in [2.05, 4.69) is 9.88 Å². The molecule has 0 aliphatic heterocycles. The molecule has 0 radical (unpaired) electrons. The quantitative estimate of drug-likeness (QED) is 0.549. The number of carbonyl (C=O) groups is 1. The number of benzene rings is 1. The van der Waals surface area contributed by atoms with Crippen LogP contribution in [0.1, 0.15) is 45.1 Å². The topological polar surface area (TPSA) is 114 Å². The molecular weight excluding hydrogens is 410 g/mol. The second-order valence-electron chi connectivity index (χ2n) is 8.12. The van der Waals surface area contributed by atoms with Gasteiger partial charge in [-0.3, -0.25) is 24.0 Å². The molecule has 0 bridgehead atoms. The van der Waals surface area contributed by atoms with E-state index in [1.54, 1.807) is 14.0 Å². The van der Waals surface area contributed by atoms with Gasteiger partial charge in [0.25, 0.3) is 5.56 Å². The van der Waals surface area contributed by atoms with Gasteiger partial charge in [-0.25, -0.2) is 4.79 Å². The molecular formula is C23H33N5O4. The number of aromatic amines is 1. The van der Waals surface area contributed by atoms with Gasteiger partial charge in [-0.05, 0) is 43.9 Å². The number of amides is 1. The minimum atomic E-state index is -0.636. The van der Waals surface area contributed by atoms with Gasteiger partial charge in [0.15, 0.2) is 5.69 Å². The third-order valence-corrected chi connectivity index (χ3v) is 5.78. The average Bonchev–Trinajstić information content (AvgIpc) is 3.62. The van der Waals surface area contributed by atoms with Crippen LogP contribution in [-0.2, 0) is 17.9 Å². The monoisotopic (exact) mass is 443 g/mol. The summed E-state index contributed by atoms with van der Waals surface area (Å²) in [5.74, 6) is 0.606. The van der Waals surface area contributed by atoms with Crippen LogP contribution in [0, 0.1) is 0 Å². The van der Waals surface area contributed by atoms with E-state index in [-0.39, 0.29) is 30.5 Å². The summed E-state index contributed by atoms with van der Waals surface area (Å²) in [6.45, 7) is 5.26. The fourth-order valence-electron chi connectivity index (χ4n) is 3.81. The van der Waals surface area contributed by atoms with Crippen molar-refractivity contribution in [3.63, 3.8) is 0 Å².